The maximum Gasteiger partial charge on any atom is 0.274 e. The molecule has 0 radical (unpaired) electrons. The van der Waals surface area contributed by atoms with Gasteiger partial charge in [-0.15, -0.1) is 0 Å². The van der Waals surface area contributed by atoms with Gasteiger partial charge < -0.3 is 10.6 Å². The van der Waals surface area contributed by atoms with Gasteiger partial charge in [-0.2, -0.15) is 0 Å². The molecule has 1 amide bonds. The summed E-state index contributed by atoms with van der Waals surface area (Å²) in [6, 6.07) is 18.6. The van der Waals surface area contributed by atoms with Crippen LogP contribution >= 0.6 is 15.9 Å². The van der Waals surface area contributed by atoms with Crippen molar-refractivity contribution < 1.29 is 4.79 Å². The molecule has 0 fully saturated rings. The van der Waals surface area contributed by atoms with Crippen molar-refractivity contribution in [3.63, 3.8) is 0 Å². The van der Waals surface area contributed by atoms with Crippen LogP contribution in [0.1, 0.15) is 10.5 Å². The SMILES string of the molecule is O=C(Nc1ccc(Br)cc1)c1cc(Nc2ccccc2)ncn1. The van der Waals surface area contributed by atoms with Gasteiger partial charge in [0.2, 0.25) is 0 Å². The molecule has 5 nitrogen and oxygen atoms in total. The standard InChI is InChI=1S/C17H13BrN4O/c18-12-6-8-14(9-7-12)22-17(23)15-10-16(20-11-19-15)21-13-4-2-1-3-5-13/h1-11H,(H,22,23)(H,19,20,21). The first-order valence-electron chi connectivity index (χ1n) is 6.92. The molecule has 1 aromatic heterocycles. The van der Waals surface area contributed by atoms with E-state index in [1.165, 1.54) is 6.33 Å². The third-order valence-electron chi connectivity index (χ3n) is 3.05. The first kappa shape index (κ1) is 15.2. The van der Waals surface area contributed by atoms with Crippen LogP contribution < -0.4 is 10.6 Å². The fraction of sp³-hybridized carbons (Fsp3) is 0. The zero-order valence-electron chi connectivity index (χ0n) is 12.0. The van der Waals surface area contributed by atoms with Crippen LogP contribution in [0.25, 0.3) is 0 Å². The van der Waals surface area contributed by atoms with Crippen molar-refractivity contribution in [3.8, 4) is 0 Å². The lowest BCUT2D eigenvalue weighted by atomic mass is 10.3. The van der Waals surface area contributed by atoms with E-state index in [9.17, 15) is 4.79 Å². The fourth-order valence-corrected chi connectivity index (χ4v) is 2.21. The molecule has 6 heteroatoms. The highest BCUT2D eigenvalue weighted by molar-refractivity contribution is 9.10. The van der Waals surface area contributed by atoms with Crippen LogP contribution in [0.5, 0.6) is 0 Å². The smallest absolute Gasteiger partial charge is 0.274 e. The van der Waals surface area contributed by atoms with Gasteiger partial charge in [-0.05, 0) is 36.4 Å². The third-order valence-corrected chi connectivity index (χ3v) is 3.58. The number of rotatable bonds is 4. The molecular weight excluding hydrogens is 356 g/mol. The Bertz CT molecular complexity index is 806. The van der Waals surface area contributed by atoms with Crippen LogP contribution in [0.2, 0.25) is 0 Å². The summed E-state index contributed by atoms with van der Waals surface area (Å²) in [4.78, 5) is 20.4. The summed E-state index contributed by atoms with van der Waals surface area (Å²) < 4.78 is 0.951. The topological polar surface area (TPSA) is 66.9 Å². The summed E-state index contributed by atoms with van der Waals surface area (Å²) in [6.07, 6.45) is 1.36. The molecule has 3 aromatic rings. The Hall–Kier alpha value is -2.73. The first-order valence-corrected chi connectivity index (χ1v) is 7.71. The van der Waals surface area contributed by atoms with E-state index in [-0.39, 0.29) is 5.91 Å². The number of carbonyl (C=O) groups excluding carboxylic acids is 1. The van der Waals surface area contributed by atoms with Crippen LogP contribution in [0.3, 0.4) is 0 Å². The fourth-order valence-electron chi connectivity index (χ4n) is 1.95. The molecule has 114 valence electrons. The summed E-state index contributed by atoms with van der Waals surface area (Å²) in [6.45, 7) is 0. The zero-order valence-corrected chi connectivity index (χ0v) is 13.6. The van der Waals surface area contributed by atoms with Crippen molar-refractivity contribution in [2.75, 3.05) is 10.6 Å². The molecule has 0 bridgehead atoms. The van der Waals surface area contributed by atoms with Crippen molar-refractivity contribution in [2.45, 2.75) is 0 Å². The monoisotopic (exact) mass is 368 g/mol. The molecule has 0 aliphatic heterocycles. The first-order chi connectivity index (χ1) is 11.2. The Morgan fingerprint density at radius 3 is 2.39 bits per heavy atom. The van der Waals surface area contributed by atoms with Crippen molar-refractivity contribution in [2.24, 2.45) is 0 Å². The molecule has 0 saturated carbocycles. The lowest BCUT2D eigenvalue weighted by Crippen LogP contribution is -2.14. The predicted octanol–water partition coefficient (Wildman–Crippen LogP) is 4.24. The van der Waals surface area contributed by atoms with Crippen LogP contribution in [-0.2, 0) is 0 Å². The molecule has 0 atom stereocenters. The van der Waals surface area contributed by atoms with E-state index in [0.29, 0.717) is 17.2 Å². The maximum atomic E-state index is 12.3. The minimum Gasteiger partial charge on any atom is -0.340 e. The van der Waals surface area contributed by atoms with Crippen molar-refractivity contribution in [3.05, 3.63) is 77.2 Å². The molecule has 0 aliphatic carbocycles. The van der Waals surface area contributed by atoms with E-state index in [4.69, 9.17) is 0 Å². The Morgan fingerprint density at radius 2 is 1.65 bits per heavy atom. The van der Waals surface area contributed by atoms with Crippen LogP contribution in [0, 0.1) is 0 Å². The lowest BCUT2D eigenvalue weighted by Gasteiger charge is -2.07. The van der Waals surface area contributed by atoms with Gasteiger partial charge in [0.25, 0.3) is 5.91 Å². The predicted molar refractivity (Wildman–Crippen MR) is 93.9 cm³/mol. The average molecular weight is 369 g/mol. The van der Waals surface area contributed by atoms with Gasteiger partial charge >= 0.3 is 0 Å². The molecule has 0 saturated heterocycles. The van der Waals surface area contributed by atoms with Crippen LogP contribution in [0.15, 0.2) is 71.5 Å². The van der Waals surface area contributed by atoms with Crippen LogP contribution in [-0.4, -0.2) is 15.9 Å². The average Bonchev–Trinajstić information content (AvgIpc) is 2.58. The Balaban J connectivity index is 1.73. The minimum absolute atomic E-state index is 0.286. The molecule has 3 rings (SSSR count). The Morgan fingerprint density at radius 1 is 0.913 bits per heavy atom. The van der Waals surface area contributed by atoms with E-state index in [0.717, 1.165) is 10.2 Å². The quantitative estimate of drug-likeness (QED) is 0.722. The summed E-state index contributed by atoms with van der Waals surface area (Å²) in [5.41, 5.74) is 1.89. The molecule has 2 N–H and O–H groups in total. The number of para-hydroxylation sites is 1. The number of benzene rings is 2. The normalized spacial score (nSPS) is 10.1. The highest BCUT2D eigenvalue weighted by Gasteiger charge is 2.09. The van der Waals surface area contributed by atoms with Crippen LogP contribution in [0.4, 0.5) is 17.2 Å². The number of amides is 1. The second-order valence-electron chi connectivity index (χ2n) is 4.74. The lowest BCUT2D eigenvalue weighted by molar-refractivity contribution is 0.102. The van der Waals surface area contributed by atoms with Gasteiger partial charge in [-0.25, -0.2) is 9.97 Å². The number of hydrogen-bond donors (Lipinski definition) is 2. The highest BCUT2D eigenvalue weighted by atomic mass is 79.9. The van der Waals surface area contributed by atoms with Gasteiger partial charge in [0, 0.05) is 21.9 Å². The van der Waals surface area contributed by atoms with Gasteiger partial charge in [0.15, 0.2) is 0 Å². The maximum absolute atomic E-state index is 12.3. The van der Waals surface area contributed by atoms with E-state index >= 15 is 0 Å². The number of carbonyl (C=O) groups is 1. The van der Waals surface area contributed by atoms with Gasteiger partial charge in [0.1, 0.15) is 17.8 Å². The molecule has 0 aliphatic rings. The summed E-state index contributed by atoms with van der Waals surface area (Å²) in [7, 11) is 0. The summed E-state index contributed by atoms with van der Waals surface area (Å²) in [5.74, 6) is 0.276. The summed E-state index contributed by atoms with van der Waals surface area (Å²) >= 11 is 3.36. The van der Waals surface area contributed by atoms with Crippen molar-refractivity contribution in [1.29, 1.82) is 0 Å². The number of halogens is 1. The van der Waals surface area contributed by atoms with Gasteiger partial charge in [-0.1, -0.05) is 34.1 Å². The zero-order chi connectivity index (χ0) is 16.1. The van der Waals surface area contributed by atoms with Crippen molar-refractivity contribution >= 4 is 39.0 Å². The minimum atomic E-state index is -0.286. The second kappa shape index (κ2) is 7.02. The Labute approximate surface area is 141 Å². The molecular formula is C17H13BrN4O. The number of nitrogens with zero attached hydrogens (tertiary/aromatic N) is 2. The van der Waals surface area contributed by atoms with E-state index in [1.807, 2.05) is 54.6 Å². The number of anilines is 3. The molecule has 0 spiro atoms. The van der Waals surface area contributed by atoms with Crippen molar-refractivity contribution in [1.82, 2.24) is 9.97 Å². The number of hydrogen-bond acceptors (Lipinski definition) is 4. The largest absolute Gasteiger partial charge is 0.340 e. The molecule has 0 unspecified atom stereocenters. The van der Waals surface area contributed by atoms with Gasteiger partial charge in [-0.3, -0.25) is 4.79 Å². The van der Waals surface area contributed by atoms with Gasteiger partial charge in [0.05, 0.1) is 0 Å². The second-order valence-corrected chi connectivity index (χ2v) is 5.66. The Kier molecular flexibility index (Phi) is 4.63. The molecule has 2 aromatic carbocycles. The number of nitrogens with one attached hydrogen (secondary N) is 2. The summed E-state index contributed by atoms with van der Waals surface area (Å²) in [5, 5.41) is 5.93. The number of aromatic nitrogens is 2. The third kappa shape index (κ3) is 4.14. The molecule has 23 heavy (non-hydrogen) atoms. The van der Waals surface area contributed by atoms with E-state index in [1.54, 1.807) is 6.07 Å². The molecule has 1 heterocycles. The highest BCUT2D eigenvalue weighted by Crippen LogP contribution is 2.16. The van der Waals surface area contributed by atoms with E-state index in [2.05, 4.69) is 36.5 Å². The van der Waals surface area contributed by atoms with E-state index < -0.39 is 0 Å².